The Hall–Kier alpha value is -1.59. The third-order valence-corrected chi connectivity index (χ3v) is 4.80. The molecule has 1 N–H and O–H groups in total. The molecular formula is C15H24N2O4. The third kappa shape index (κ3) is 3.04. The summed E-state index contributed by atoms with van der Waals surface area (Å²) in [6.07, 6.45) is 4.35. The maximum absolute atomic E-state index is 12.5. The van der Waals surface area contributed by atoms with Gasteiger partial charge in [0.25, 0.3) is 0 Å². The van der Waals surface area contributed by atoms with Crippen LogP contribution in [0.2, 0.25) is 0 Å². The topological polar surface area (TPSA) is 77.9 Å². The minimum atomic E-state index is -0.911. The van der Waals surface area contributed by atoms with Crippen LogP contribution in [-0.2, 0) is 14.4 Å². The average molecular weight is 296 g/mol. The van der Waals surface area contributed by atoms with Gasteiger partial charge in [-0.05, 0) is 25.7 Å². The van der Waals surface area contributed by atoms with Gasteiger partial charge in [-0.1, -0.05) is 12.8 Å². The number of rotatable bonds is 4. The Balaban J connectivity index is 2.08. The average Bonchev–Trinajstić information content (AvgIpc) is 3.06. The standard InChI is InChI=1S/C15H24N2O4/c1-16(2)13(19)11-6-5-9-17(11)12(18)10-15(14(20)21)7-3-4-8-15/h11H,3-10H2,1-2H3,(H,20,21). The second-order valence-corrected chi connectivity index (χ2v) is 6.45. The van der Waals surface area contributed by atoms with Crippen LogP contribution in [0, 0.1) is 5.41 Å². The van der Waals surface area contributed by atoms with Crippen LogP contribution in [0.5, 0.6) is 0 Å². The number of carboxylic acids is 1. The number of carbonyl (C=O) groups is 3. The molecule has 2 fully saturated rings. The van der Waals surface area contributed by atoms with Gasteiger partial charge in [-0.3, -0.25) is 14.4 Å². The number of aliphatic carboxylic acids is 1. The van der Waals surface area contributed by atoms with Gasteiger partial charge in [-0.15, -0.1) is 0 Å². The minimum absolute atomic E-state index is 0.0273. The number of nitrogens with zero attached hydrogens (tertiary/aromatic N) is 2. The molecule has 1 aliphatic heterocycles. The molecule has 1 atom stereocenters. The van der Waals surface area contributed by atoms with Crippen LogP contribution in [0.4, 0.5) is 0 Å². The normalized spacial score (nSPS) is 24.1. The van der Waals surface area contributed by atoms with Gasteiger partial charge in [-0.25, -0.2) is 0 Å². The van der Waals surface area contributed by atoms with Crippen molar-refractivity contribution < 1.29 is 19.5 Å². The summed E-state index contributed by atoms with van der Waals surface area (Å²) in [5.74, 6) is -1.13. The molecule has 118 valence electrons. The molecule has 0 aromatic heterocycles. The van der Waals surface area contributed by atoms with Crippen molar-refractivity contribution in [3.63, 3.8) is 0 Å². The van der Waals surface area contributed by atoms with Crippen molar-refractivity contribution in [2.75, 3.05) is 20.6 Å². The fraction of sp³-hybridized carbons (Fsp3) is 0.800. The second-order valence-electron chi connectivity index (χ2n) is 6.45. The highest BCUT2D eigenvalue weighted by Gasteiger charge is 2.45. The highest BCUT2D eigenvalue weighted by molar-refractivity contribution is 5.90. The number of likely N-dealkylation sites (N-methyl/N-ethyl adjacent to an activating group) is 1. The monoisotopic (exact) mass is 296 g/mol. The minimum Gasteiger partial charge on any atom is -0.481 e. The smallest absolute Gasteiger partial charge is 0.310 e. The molecule has 2 aliphatic rings. The highest BCUT2D eigenvalue weighted by atomic mass is 16.4. The molecular weight excluding hydrogens is 272 g/mol. The zero-order chi connectivity index (χ0) is 15.6. The van der Waals surface area contributed by atoms with E-state index in [-0.39, 0.29) is 18.2 Å². The lowest BCUT2D eigenvalue weighted by atomic mass is 9.82. The molecule has 0 bridgehead atoms. The number of carbonyl (C=O) groups excluding carboxylic acids is 2. The fourth-order valence-electron chi connectivity index (χ4n) is 3.53. The lowest BCUT2D eigenvalue weighted by Crippen LogP contribution is -2.47. The summed E-state index contributed by atoms with van der Waals surface area (Å²) < 4.78 is 0. The number of likely N-dealkylation sites (tertiary alicyclic amines) is 1. The first-order chi connectivity index (χ1) is 9.87. The van der Waals surface area contributed by atoms with E-state index in [9.17, 15) is 19.5 Å². The summed E-state index contributed by atoms with van der Waals surface area (Å²) in [7, 11) is 3.36. The predicted molar refractivity (Wildman–Crippen MR) is 76.6 cm³/mol. The SMILES string of the molecule is CN(C)C(=O)C1CCCN1C(=O)CC1(C(=O)O)CCCC1. The Bertz CT molecular complexity index is 441. The van der Waals surface area contributed by atoms with Gasteiger partial charge in [0.15, 0.2) is 0 Å². The van der Waals surface area contributed by atoms with Gasteiger partial charge in [0.1, 0.15) is 6.04 Å². The van der Waals surface area contributed by atoms with Crippen molar-refractivity contribution in [2.45, 2.75) is 51.0 Å². The lowest BCUT2D eigenvalue weighted by molar-refractivity contribution is -0.154. The van der Waals surface area contributed by atoms with Crippen LogP contribution in [-0.4, -0.2) is 59.4 Å². The number of hydrogen-bond donors (Lipinski definition) is 1. The molecule has 6 heteroatoms. The molecule has 21 heavy (non-hydrogen) atoms. The molecule has 0 spiro atoms. The van der Waals surface area contributed by atoms with Crippen molar-refractivity contribution >= 4 is 17.8 Å². The van der Waals surface area contributed by atoms with Crippen molar-refractivity contribution in [1.82, 2.24) is 9.80 Å². The zero-order valence-corrected chi connectivity index (χ0v) is 12.8. The van der Waals surface area contributed by atoms with Crippen LogP contribution in [0.15, 0.2) is 0 Å². The van der Waals surface area contributed by atoms with Gasteiger partial charge < -0.3 is 14.9 Å². The summed E-state index contributed by atoms with van der Waals surface area (Å²) in [6.45, 7) is 0.554. The van der Waals surface area contributed by atoms with Crippen LogP contribution in [0.3, 0.4) is 0 Å². The Labute approximate surface area is 125 Å². The van der Waals surface area contributed by atoms with E-state index in [1.165, 1.54) is 4.90 Å². The van der Waals surface area contributed by atoms with Gasteiger partial charge in [0.2, 0.25) is 11.8 Å². The van der Waals surface area contributed by atoms with E-state index in [1.807, 2.05) is 0 Å². The maximum Gasteiger partial charge on any atom is 0.310 e. The largest absolute Gasteiger partial charge is 0.481 e. The van der Waals surface area contributed by atoms with E-state index in [2.05, 4.69) is 0 Å². The Kier molecular flexibility index (Phi) is 4.54. The van der Waals surface area contributed by atoms with E-state index in [0.29, 0.717) is 25.8 Å². The van der Waals surface area contributed by atoms with Crippen LogP contribution < -0.4 is 0 Å². The summed E-state index contributed by atoms with van der Waals surface area (Å²) in [6, 6.07) is -0.417. The maximum atomic E-state index is 12.5. The molecule has 2 amide bonds. The van der Waals surface area contributed by atoms with E-state index >= 15 is 0 Å². The molecule has 0 radical (unpaired) electrons. The van der Waals surface area contributed by atoms with Crippen molar-refractivity contribution in [3.05, 3.63) is 0 Å². The van der Waals surface area contributed by atoms with Crippen molar-refractivity contribution in [3.8, 4) is 0 Å². The summed E-state index contributed by atoms with van der Waals surface area (Å²) in [5.41, 5.74) is -0.911. The van der Waals surface area contributed by atoms with Crippen LogP contribution in [0.1, 0.15) is 44.9 Å². The molecule has 2 rings (SSSR count). The molecule has 6 nitrogen and oxygen atoms in total. The quantitative estimate of drug-likeness (QED) is 0.842. The predicted octanol–water partition coefficient (Wildman–Crippen LogP) is 1.10. The van der Waals surface area contributed by atoms with E-state index in [1.54, 1.807) is 19.0 Å². The second kappa shape index (κ2) is 6.03. The fourth-order valence-corrected chi connectivity index (χ4v) is 3.53. The Morgan fingerprint density at radius 3 is 2.33 bits per heavy atom. The summed E-state index contributed by atoms with van der Waals surface area (Å²) >= 11 is 0. The zero-order valence-electron chi connectivity index (χ0n) is 12.8. The number of amides is 2. The first kappa shape index (κ1) is 15.8. The first-order valence-corrected chi connectivity index (χ1v) is 7.61. The summed E-state index contributed by atoms with van der Waals surface area (Å²) in [4.78, 5) is 39.3. The van der Waals surface area contributed by atoms with Crippen molar-refractivity contribution in [1.29, 1.82) is 0 Å². The van der Waals surface area contributed by atoms with Gasteiger partial charge >= 0.3 is 5.97 Å². The lowest BCUT2D eigenvalue weighted by Gasteiger charge is -2.30. The molecule has 1 unspecified atom stereocenters. The molecule has 1 saturated heterocycles. The Morgan fingerprint density at radius 2 is 1.81 bits per heavy atom. The molecule has 0 aromatic carbocycles. The molecule has 1 heterocycles. The van der Waals surface area contributed by atoms with Gasteiger partial charge in [0.05, 0.1) is 5.41 Å². The number of carboxylic acid groups (broad SMARTS) is 1. The van der Waals surface area contributed by atoms with E-state index < -0.39 is 17.4 Å². The van der Waals surface area contributed by atoms with E-state index in [4.69, 9.17) is 0 Å². The summed E-state index contributed by atoms with van der Waals surface area (Å²) in [5, 5.41) is 9.47. The molecule has 1 saturated carbocycles. The van der Waals surface area contributed by atoms with Crippen LogP contribution in [0.25, 0.3) is 0 Å². The van der Waals surface area contributed by atoms with Crippen molar-refractivity contribution in [2.24, 2.45) is 5.41 Å². The van der Waals surface area contributed by atoms with Gasteiger partial charge in [-0.2, -0.15) is 0 Å². The van der Waals surface area contributed by atoms with E-state index in [0.717, 1.165) is 19.3 Å². The first-order valence-electron chi connectivity index (χ1n) is 7.61. The highest BCUT2D eigenvalue weighted by Crippen LogP contribution is 2.42. The number of hydrogen-bond acceptors (Lipinski definition) is 3. The molecule has 0 aromatic rings. The molecule has 1 aliphatic carbocycles. The van der Waals surface area contributed by atoms with Crippen LogP contribution >= 0.6 is 0 Å². The third-order valence-electron chi connectivity index (χ3n) is 4.80. The Morgan fingerprint density at radius 1 is 1.19 bits per heavy atom. The van der Waals surface area contributed by atoms with Gasteiger partial charge in [0, 0.05) is 27.1 Å².